The second kappa shape index (κ2) is 4.81. The van der Waals surface area contributed by atoms with Crippen LogP contribution in [0.4, 0.5) is 0 Å². The molecule has 0 saturated heterocycles. The van der Waals surface area contributed by atoms with Crippen LogP contribution in [0.25, 0.3) is 0 Å². The minimum absolute atomic E-state index is 0.582. The van der Waals surface area contributed by atoms with Crippen LogP contribution in [0.5, 0.6) is 0 Å². The van der Waals surface area contributed by atoms with Crippen molar-refractivity contribution in [3.8, 4) is 0 Å². The summed E-state index contributed by atoms with van der Waals surface area (Å²) in [5.74, 6) is 3.95. The van der Waals surface area contributed by atoms with Crippen molar-refractivity contribution < 1.29 is 0 Å². The molecule has 4 aliphatic carbocycles. The number of hydrogen-bond acceptors (Lipinski definition) is 0. The third-order valence-corrected chi connectivity index (χ3v) is 5.04. The minimum atomic E-state index is 0.582. The molecule has 4 radical (unpaired) electrons. The van der Waals surface area contributed by atoms with Crippen molar-refractivity contribution >= 4 is 0 Å². The molecule has 0 aromatic carbocycles. The summed E-state index contributed by atoms with van der Waals surface area (Å²) in [6.07, 6.45) is 29.5. The summed E-state index contributed by atoms with van der Waals surface area (Å²) < 4.78 is 0. The molecule has 0 bridgehead atoms. The number of hydrogen-bond donors (Lipinski definition) is 0. The molecule has 96 valence electrons. The van der Waals surface area contributed by atoms with Gasteiger partial charge in [-0.1, -0.05) is 48.6 Å². The van der Waals surface area contributed by atoms with Gasteiger partial charge in [-0.2, -0.15) is 0 Å². The van der Waals surface area contributed by atoms with Gasteiger partial charge < -0.3 is 0 Å². The molecule has 0 heteroatoms. The molecular formula is C19H20. The van der Waals surface area contributed by atoms with Crippen LogP contribution in [0.1, 0.15) is 19.3 Å². The van der Waals surface area contributed by atoms with Crippen LogP contribution in [0.3, 0.4) is 0 Å². The average Bonchev–Trinajstić information content (AvgIpc) is 3.00. The highest BCUT2D eigenvalue weighted by Gasteiger charge is 2.38. The van der Waals surface area contributed by atoms with Crippen LogP contribution in [0.2, 0.25) is 0 Å². The van der Waals surface area contributed by atoms with E-state index in [0.717, 1.165) is 11.8 Å². The summed E-state index contributed by atoms with van der Waals surface area (Å²) >= 11 is 0. The van der Waals surface area contributed by atoms with Gasteiger partial charge in [-0.05, 0) is 67.6 Å². The van der Waals surface area contributed by atoms with Crippen LogP contribution in [-0.4, -0.2) is 0 Å². The zero-order chi connectivity index (χ0) is 12.7. The Kier molecular flexibility index (Phi) is 2.98. The maximum Gasteiger partial charge on any atom is -0.00587 e. The van der Waals surface area contributed by atoms with Crippen LogP contribution in [0, 0.1) is 48.3 Å². The Labute approximate surface area is 117 Å². The Morgan fingerprint density at radius 3 is 1.63 bits per heavy atom. The van der Waals surface area contributed by atoms with E-state index in [0.29, 0.717) is 23.7 Å². The van der Waals surface area contributed by atoms with E-state index in [2.05, 4.69) is 61.4 Å². The third-order valence-electron chi connectivity index (χ3n) is 5.04. The molecule has 0 aromatic rings. The first-order valence-corrected chi connectivity index (χ1v) is 7.60. The highest BCUT2D eigenvalue weighted by atomic mass is 14.4. The average molecular weight is 248 g/mol. The summed E-state index contributed by atoms with van der Waals surface area (Å²) in [5, 5.41) is 0. The van der Waals surface area contributed by atoms with E-state index in [1.807, 2.05) is 0 Å². The van der Waals surface area contributed by atoms with E-state index < -0.39 is 0 Å². The molecule has 0 heterocycles. The number of fused-ring (bicyclic) bond motifs is 2. The molecule has 4 rings (SSSR count). The van der Waals surface area contributed by atoms with Gasteiger partial charge in [0.2, 0.25) is 0 Å². The normalized spacial score (nSPS) is 46.5. The Morgan fingerprint density at radius 2 is 1.16 bits per heavy atom. The lowest BCUT2D eigenvalue weighted by atomic mass is 9.90. The van der Waals surface area contributed by atoms with Crippen molar-refractivity contribution in [2.24, 2.45) is 35.5 Å². The number of allylic oxidation sites excluding steroid dienone is 8. The lowest BCUT2D eigenvalue weighted by molar-refractivity contribution is 0.429. The first-order chi connectivity index (χ1) is 9.38. The Hall–Kier alpha value is -1.04. The van der Waals surface area contributed by atoms with Crippen LogP contribution in [-0.2, 0) is 0 Å². The fourth-order valence-electron chi connectivity index (χ4n) is 4.12. The Morgan fingerprint density at radius 1 is 0.684 bits per heavy atom. The van der Waals surface area contributed by atoms with Crippen molar-refractivity contribution in [3.05, 3.63) is 61.4 Å². The highest BCUT2D eigenvalue weighted by Crippen LogP contribution is 2.46. The van der Waals surface area contributed by atoms with Crippen molar-refractivity contribution in [2.75, 3.05) is 0 Å². The Bertz CT molecular complexity index is 369. The highest BCUT2D eigenvalue weighted by molar-refractivity contribution is 5.23. The second-order valence-corrected chi connectivity index (χ2v) is 6.35. The first-order valence-electron chi connectivity index (χ1n) is 7.60. The van der Waals surface area contributed by atoms with E-state index in [-0.39, 0.29) is 0 Å². The van der Waals surface area contributed by atoms with E-state index >= 15 is 0 Å². The van der Waals surface area contributed by atoms with Crippen molar-refractivity contribution in [1.82, 2.24) is 0 Å². The van der Waals surface area contributed by atoms with Gasteiger partial charge in [0.05, 0.1) is 0 Å². The summed E-state index contributed by atoms with van der Waals surface area (Å²) in [5.41, 5.74) is 0. The molecule has 2 fully saturated rings. The number of rotatable bonds is 2. The molecule has 6 unspecified atom stereocenters. The molecule has 0 aliphatic heterocycles. The van der Waals surface area contributed by atoms with Crippen LogP contribution >= 0.6 is 0 Å². The molecule has 2 saturated carbocycles. The topological polar surface area (TPSA) is 0 Å². The van der Waals surface area contributed by atoms with E-state index in [1.54, 1.807) is 0 Å². The minimum Gasteiger partial charge on any atom is -0.0808 e. The third kappa shape index (κ3) is 2.26. The predicted octanol–water partition coefficient (Wildman–Crippen LogP) is 4.30. The van der Waals surface area contributed by atoms with Gasteiger partial charge in [0.25, 0.3) is 0 Å². The molecule has 0 N–H and O–H groups in total. The maximum absolute atomic E-state index is 3.79. The smallest absolute Gasteiger partial charge is 0.00587 e. The molecule has 0 nitrogen and oxygen atoms in total. The molecule has 0 amide bonds. The van der Waals surface area contributed by atoms with Crippen molar-refractivity contribution in [1.29, 1.82) is 0 Å². The van der Waals surface area contributed by atoms with Gasteiger partial charge in [0, 0.05) is 0 Å². The zero-order valence-electron chi connectivity index (χ0n) is 11.2. The maximum atomic E-state index is 3.79. The second-order valence-electron chi connectivity index (χ2n) is 6.35. The van der Waals surface area contributed by atoms with Gasteiger partial charge in [0.1, 0.15) is 0 Å². The summed E-state index contributed by atoms with van der Waals surface area (Å²) in [6.45, 7) is 0. The molecule has 0 aromatic heterocycles. The SMILES string of the molecule is [C]1C(CC2[C]C3C=CC=CC3C2)CC2C=CC=CC12. The molecule has 19 heavy (non-hydrogen) atoms. The molecule has 0 spiro atoms. The van der Waals surface area contributed by atoms with Crippen LogP contribution < -0.4 is 0 Å². The Balaban J connectivity index is 1.36. The van der Waals surface area contributed by atoms with E-state index in [4.69, 9.17) is 0 Å². The van der Waals surface area contributed by atoms with Gasteiger partial charge in [-0.25, -0.2) is 0 Å². The van der Waals surface area contributed by atoms with Gasteiger partial charge in [0.15, 0.2) is 0 Å². The predicted molar refractivity (Wildman–Crippen MR) is 77.8 cm³/mol. The quantitative estimate of drug-likeness (QED) is 0.683. The largest absolute Gasteiger partial charge is 0.0808 e. The van der Waals surface area contributed by atoms with Gasteiger partial charge >= 0.3 is 0 Å². The standard InChI is InChI=1S/C19H20/c1-2-6-17-11-14(10-16(17)5-1)9-15-12-18-7-3-4-8-19(18)13-15/h1-8,14-19H,9-10,12H2. The molecule has 6 atom stereocenters. The van der Waals surface area contributed by atoms with E-state index in [9.17, 15) is 0 Å². The van der Waals surface area contributed by atoms with Crippen molar-refractivity contribution in [2.45, 2.75) is 19.3 Å². The van der Waals surface area contributed by atoms with E-state index in [1.165, 1.54) is 19.3 Å². The monoisotopic (exact) mass is 248 g/mol. The van der Waals surface area contributed by atoms with Gasteiger partial charge in [-0.15, -0.1) is 0 Å². The molecular weight excluding hydrogens is 228 g/mol. The fourth-order valence-corrected chi connectivity index (χ4v) is 4.12. The lowest BCUT2D eigenvalue weighted by Gasteiger charge is -2.14. The fraction of sp³-hybridized carbons (Fsp3) is 0.474. The van der Waals surface area contributed by atoms with Crippen molar-refractivity contribution in [3.63, 3.8) is 0 Å². The summed E-state index contributed by atoms with van der Waals surface area (Å²) in [4.78, 5) is 0. The molecule has 4 aliphatic rings. The first kappa shape index (κ1) is 11.8. The zero-order valence-corrected chi connectivity index (χ0v) is 11.2. The lowest BCUT2D eigenvalue weighted by Crippen LogP contribution is -2.05. The summed E-state index contributed by atoms with van der Waals surface area (Å²) in [6, 6.07) is 0. The van der Waals surface area contributed by atoms with Gasteiger partial charge in [-0.3, -0.25) is 0 Å². The van der Waals surface area contributed by atoms with Crippen LogP contribution in [0.15, 0.2) is 48.6 Å². The summed E-state index contributed by atoms with van der Waals surface area (Å²) in [7, 11) is 0.